The number of benzene rings is 2. The second kappa shape index (κ2) is 6.90. The zero-order chi connectivity index (χ0) is 16.4. The molecule has 0 aromatic heterocycles. The van der Waals surface area contributed by atoms with Crippen molar-refractivity contribution >= 4 is 41.0 Å². The second-order valence-electron chi connectivity index (χ2n) is 5.82. The molecule has 4 heteroatoms. The molecule has 1 heterocycles. The van der Waals surface area contributed by atoms with Gasteiger partial charge in [0, 0.05) is 41.3 Å². The third-order valence-electron chi connectivity index (χ3n) is 4.31. The average molecular weight is 345 g/mol. The Morgan fingerprint density at radius 1 is 1.26 bits per heavy atom. The number of rotatable bonds is 4. The van der Waals surface area contributed by atoms with E-state index in [1.807, 2.05) is 18.4 Å². The first-order valence-corrected chi connectivity index (χ1v) is 9.31. The van der Waals surface area contributed by atoms with Gasteiger partial charge in [0.2, 0.25) is 0 Å². The fourth-order valence-corrected chi connectivity index (χ4v) is 3.83. The summed E-state index contributed by atoms with van der Waals surface area (Å²) in [7, 11) is 0. The van der Waals surface area contributed by atoms with Gasteiger partial charge >= 0.3 is 0 Å². The highest BCUT2D eigenvalue weighted by Crippen LogP contribution is 2.33. The van der Waals surface area contributed by atoms with E-state index >= 15 is 0 Å². The summed E-state index contributed by atoms with van der Waals surface area (Å²) < 4.78 is 3.31. The third kappa shape index (κ3) is 3.36. The Kier molecular flexibility index (Phi) is 4.88. The summed E-state index contributed by atoms with van der Waals surface area (Å²) in [5.41, 5.74) is 7.53. The molecule has 0 radical (unpaired) electrons. The summed E-state index contributed by atoms with van der Waals surface area (Å²) in [6, 6.07) is 10.7. The van der Waals surface area contributed by atoms with Gasteiger partial charge in [-0.1, -0.05) is 42.3 Å². The third-order valence-corrected chi connectivity index (χ3v) is 4.97. The maximum Gasteiger partial charge on any atom is 0.0460 e. The van der Waals surface area contributed by atoms with Gasteiger partial charge in [-0.2, -0.15) is 0 Å². The largest absolute Gasteiger partial charge is 0.366 e. The molecule has 2 nitrogen and oxygen atoms in total. The minimum Gasteiger partial charge on any atom is -0.366 e. The van der Waals surface area contributed by atoms with Crippen molar-refractivity contribution in [3.63, 3.8) is 0 Å². The van der Waals surface area contributed by atoms with Crippen LogP contribution in [0.4, 0.5) is 11.4 Å². The number of hydrogen-bond donors (Lipinski definition) is 1. The first-order chi connectivity index (χ1) is 11.1. The van der Waals surface area contributed by atoms with Crippen LogP contribution in [-0.2, 0) is 13.0 Å². The molecule has 0 spiro atoms. The Hall–Kier alpha value is -1.58. The average Bonchev–Trinajstić information content (AvgIpc) is 2.54. The highest BCUT2D eigenvalue weighted by Gasteiger charge is 2.19. The van der Waals surface area contributed by atoms with E-state index < -0.39 is 0 Å². The van der Waals surface area contributed by atoms with Crippen LogP contribution in [0.25, 0.3) is 6.08 Å². The van der Waals surface area contributed by atoms with E-state index in [1.54, 1.807) is 11.9 Å². The summed E-state index contributed by atoms with van der Waals surface area (Å²) in [5, 5.41) is 0.786. The minimum atomic E-state index is 0.786. The van der Waals surface area contributed by atoms with Crippen molar-refractivity contribution in [2.75, 3.05) is 22.4 Å². The highest BCUT2D eigenvalue weighted by atomic mass is 35.5. The minimum absolute atomic E-state index is 0.786. The molecule has 0 unspecified atom stereocenters. The monoisotopic (exact) mass is 344 g/mol. The van der Waals surface area contributed by atoms with E-state index in [0.29, 0.717) is 0 Å². The van der Waals surface area contributed by atoms with Crippen molar-refractivity contribution in [3.05, 3.63) is 64.2 Å². The number of nitrogens with one attached hydrogen (secondary N) is 1. The molecule has 1 aliphatic rings. The van der Waals surface area contributed by atoms with Gasteiger partial charge in [-0.15, -0.1) is 0 Å². The summed E-state index contributed by atoms with van der Waals surface area (Å²) in [6.07, 6.45) is 5.02. The molecule has 1 aliphatic heterocycles. The summed E-state index contributed by atoms with van der Waals surface area (Å²) in [4.78, 5) is 2.40. The Morgan fingerprint density at radius 3 is 2.83 bits per heavy atom. The maximum absolute atomic E-state index is 6.28. The van der Waals surface area contributed by atoms with E-state index in [2.05, 4.69) is 47.4 Å². The molecule has 0 atom stereocenters. The Balaban J connectivity index is 1.92. The van der Waals surface area contributed by atoms with Gasteiger partial charge in [0.1, 0.15) is 0 Å². The fraction of sp³-hybridized carbons (Fsp3) is 0.263. The van der Waals surface area contributed by atoms with Crippen molar-refractivity contribution in [2.24, 2.45) is 0 Å². The normalized spacial score (nSPS) is 13.6. The van der Waals surface area contributed by atoms with Crippen molar-refractivity contribution in [1.82, 2.24) is 0 Å². The zero-order valence-corrected chi connectivity index (χ0v) is 15.1. The van der Waals surface area contributed by atoms with Gasteiger partial charge < -0.3 is 9.62 Å². The molecule has 2 aromatic carbocycles. The lowest BCUT2D eigenvalue weighted by Crippen LogP contribution is -2.31. The van der Waals surface area contributed by atoms with Gasteiger partial charge in [0.05, 0.1) is 0 Å². The molecule has 1 N–H and O–H groups in total. The molecule has 120 valence electrons. The van der Waals surface area contributed by atoms with Crippen LogP contribution in [0.2, 0.25) is 5.02 Å². The maximum atomic E-state index is 6.28. The standard InChI is InChI=1S/C19H21ClN2S/c1-4-18-13(2)9-16(20)11-19(18)22-8-7-14-10-17(21-23-3)6-5-15(14)12-22/h4-6,9-11,21H,1,7-8,12H2,2-3H3. The molecule has 0 amide bonds. The molecule has 0 aliphatic carbocycles. The number of hydrogen-bond acceptors (Lipinski definition) is 3. The summed E-state index contributed by atoms with van der Waals surface area (Å²) in [5.74, 6) is 0. The molecular weight excluding hydrogens is 324 g/mol. The van der Waals surface area contributed by atoms with Gasteiger partial charge in [-0.25, -0.2) is 0 Å². The van der Waals surface area contributed by atoms with Gasteiger partial charge in [-0.05, 0) is 54.3 Å². The van der Waals surface area contributed by atoms with E-state index in [0.717, 1.165) is 24.5 Å². The molecule has 23 heavy (non-hydrogen) atoms. The van der Waals surface area contributed by atoms with Crippen LogP contribution in [0.1, 0.15) is 22.3 Å². The lowest BCUT2D eigenvalue weighted by atomic mass is 9.97. The second-order valence-corrected chi connectivity index (χ2v) is 6.87. The quantitative estimate of drug-likeness (QED) is 0.732. The molecular formula is C19H21ClN2S. The van der Waals surface area contributed by atoms with Crippen LogP contribution in [0.15, 0.2) is 36.9 Å². The Bertz CT molecular complexity index is 742. The SMILES string of the molecule is C=Cc1c(C)cc(Cl)cc1N1CCc2cc(NSC)ccc2C1. The molecule has 0 saturated carbocycles. The van der Waals surface area contributed by atoms with Crippen LogP contribution >= 0.6 is 23.5 Å². The first-order valence-electron chi connectivity index (χ1n) is 7.70. The van der Waals surface area contributed by atoms with Crippen molar-refractivity contribution in [1.29, 1.82) is 0 Å². The lowest BCUT2D eigenvalue weighted by molar-refractivity contribution is 0.731. The summed E-state index contributed by atoms with van der Waals surface area (Å²) in [6.45, 7) is 7.97. The van der Waals surface area contributed by atoms with E-state index in [4.69, 9.17) is 11.6 Å². The van der Waals surface area contributed by atoms with Crippen molar-refractivity contribution < 1.29 is 0 Å². The molecule has 0 bridgehead atoms. The molecule has 0 saturated heterocycles. The predicted molar refractivity (Wildman–Crippen MR) is 105 cm³/mol. The van der Waals surface area contributed by atoms with Crippen LogP contribution in [-0.4, -0.2) is 12.8 Å². The first kappa shape index (κ1) is 16.3. The predicted octanol–water partition coefficient (Wildman–Crippen LogP) is 5.54. The number of nitrogens with zero attached hydrogens (tertiary/aromatic N) is 1. The fourth-order valence-electron chi connectivity index (χ4n) is 3.20. The molecule has 0 fully saturated rings. The van der Waals surface area contributed by atoms with Gasteiger partial charge in [0.25, 0.3) is 0 Å². The van der Waals surface area contributed by atoms with Gasteiger partial charge in [0.15, 0.2) is 0 Å². The molecule has 3 rings (SSSR count). The van der Waals surface area contributed by atoms with E-state index in [9.17, 15) is 0 Å². The summed E-state index contributed by atoms with van der Waals surface area (Å²) >= 11 is 7.91. The van der Waals surface area contributed by atoms with Crippen molar-refractivity contribution in [3.8, 4) is 0 Å². The van der Waals surface area contributed by atoms with Crippen LogP contribution in [0.3, 0.4) is 0 Å². The Morgan fingerprint density at radius 2 is 2.09 bits per heavy atom. The van der Waals surface area contributed by atoms with Crippen molar-refractivity contribution in [2.45, 2.75) is 19.9 Å². The van der Waals surface area contributed by atoms with Crippen LogP contribution < -0.4 is 9.62 Å². The topological polar surface area (TPSA) is 15.3 Å². The van der Waals surface area contributed by atoms with Gasteiger partial charge in [-0.3, -0.25) is 0 Å². The van der Waals surface area contributed by atoms with E-state index in [1.165, 1.54) is 33.6 Å². The number of fused-ring (bicyclic) bond motifs is 1. The van der Waals surface area contributed by atoms with Crippen LogP contribution in [0.5, 0.6) is 0 Å². The number of anilines is 2. The highest BCUT2D eigenvalue weighted by molar-refractivity contribution is 7.99. The molecule has 2 aromatic rings. The van der Waals surface area contributed by atoms with E-state index in [-0.39, 0.29) is 0 Å². The number of halogens is 1. The van der Waals surface area contributed by atoms with Crippen LogP contribution in [0, 0.1) is 6.92 Å². The number of aryl methyl sites for hydroxylation is 1. The Labute approximate surface area is 147 Å². The zero-order valence-electron chi connectivity index (χ0n) is 13.5. The smallest absolute Gasteiger partial charge is 0.0460 e. The lowest BCUT2D eigenvalue weighted by Gasteiger charge is -2.32.